The molecule has 0 radical (unpaired) electrons. The first-order valence-electron chi connectivity index (χ1n) is 5.23. The Hall–Kier alpha value is -1.91. The number of carboxylic acid groups (broad SMARTS) is 1. The molecular formula is C11H11N3O2. The second-order valence-corrected chi connectivity index (χ2v) is 4.14. The fourth-order valence-electron chi connectivity index (χ4n) is 1.98. The number of rotatable bonds is 2. The Balaban J connectivity index is 2.31. The SMILES string of the molecule is Cn1c(C2CC2)nc2c(C(=O)O)ccnc21. The van der Waals surface area contributed by atoms with Crippen LogP contribution >= 0.6 is 0 Å². The molecule has 1 aliphatic carbocycles. The third kappa shape index (κ3) is 1.21. The molecule has 0 aliphatic heterocycles. The van der Waals surface area contributed by atoms with Gasteiger partial charge in [0, 0.05) is 19.2 Å². The number of pyridine rings is 1. The first-order valence-corrected chi connectivity index (χ1v) is 5.23. The van der Waals surface area contributed by atoms with E-state index in [1.54, 1.807) is 0 Å². The van der Waals surface area contributed by atoms with Crippen molar-refractivity contribution in [3.8, 4) is 0 Å². The Morgan fingerprint density at radius 2 is 2.31 bits per heavy atom. The lowest BCUT2D eigenvalue weighted by Crippen LogP contribution is -1.99. The summed E-state index contributed by atoms with van der Waals surface area (Å²) in [5.41, 5.74) is 1.38. The first kappa shape index (κ1) is 9.33. The van der Waals surface area contributed by atoms with Crippen molar-refractivity contribution < 1.29 is 9.90 Å². The molecule has 0 unspecified atom stereocenters. The Morgan fingerprint density at radius 3 is 2.94 bits per heavy atom. The van der Waals surface area contributed by atoms with Gasteiger partial charge >= 0.3 is 5.97 Å². The fraction of sp³-hybridized carbons (Fsp3) is 0.364. The van der Waals surface area contributed by atoms with E-state index in [4.69, 9.17) is 5.11 Å². The van der Waals surface area contributed by atoms with Crippen molar-refractivity contribution in [1.82, 2.24) is 14.5 Å². The summed E-state index contributed by atoms with van der Waals surface area (Å²) in [5.74, 6) is 0.491. The lowest BCUT2D eigenvalue weighted by atomic mass is 10.2. The standard InChI is InChI=1S/C11H11N3O2/c1-14-9(6-2-3-6)13-8-7(11(15)16)4-5-12-10(8)14/h4-6H,2-3H2,1H3,(H,15,16). The number of carbonyl (C=O) groups is 1. The summed E-state index contributed by atoms with van der Waals surface area (Å²) >= 11 is 0. The molecule has 2 aromatic rings. The van der Waals surface area contributed by atoms with Crippen molar-refractivity contribution in [3.63, 3.8) is 0 Å². The molecule has 0 spiro atoms. The third-order valence-corrected chi connectivity index (χ3v) is 2.97. The van der Waals surface area contributed by atoms with Crippen LogP contribution in [0.25, 0.3) is 11.2 Å². The molecule has 0 bridgehead atoms. The van der Waals surface area contributed by atoms with Gasteiger partial charge in [-0.25, -0.2) is 14.8 Å². The normalized spacial score (nSPS) is 15.6. The Kier molecular flexibility index (Phi) is 1.77. The van der Waals surface area contributed by atoms with Crippen LogP contribution in [0.15, 0.2) is 12.3 Å². The molecule has 0 amide bonds. The second-order valence-electron chi connectivity index (χ2n) is 4.14. The molecule has 5 nitrogen and oxygen atoms in total. The highest BCUT2D eigenvalue weighted by Gasteiger charge is 2.29. The number of carboxylic acids is 1. The maximum atomic E-state index is 11.0. The van der Waals surface area contributed by atoms with Crippen molar-refractivity contribution in [1.29, 1.82) is 0 Å². The zero-order valence-corrected chi connectivity index (χ0v) is 8.84. The van der Waals surface area contributed by atoms with Crippen molar-refractivity contribution in [3.05, 3.63) is 23.7 Å². The summed E-state index contributed by atoms with van der Waals surface area (Å²) in [6.45, 7) is 0. The highest BCUT2D eigenvalue weighted by Crippen LogP contribution is 2.40. The van der Waals surface area contributed by atoms with Gasteiger partial charge in [-0.15, -0.1) is 0 Å². The van der Waals surface area contributed by atoms with Crippen molar-refractivity contribution in [2.75, 3.05) is 0 Å². The molecule has 16 heavy (non-hydrogen) atoms. The molecule has 1 aliphatic rings. The summed E-state index contributed by atoms with van der Waals surface area (Å²) in [7, 11) is 1.89. The number of imidazole rings is 1. The second kappa shape index (κ2) is 3.04. The molecule has 0 atom stereocenters. The van der Waals surface area contributed by atoms with Crippen LogP contribution < -0.4 is 0 Å². The third-order valence-electron chi connectivity index (χ3n) is 2.97. The van der Waals surface area contributed by atoms with Crippen LogP contribution in [0.5, 0.6) is 0 Å². The summed E-state index contributed by atoms with van der Waals surface area (Å²) in [6.07, 6.45) is 3.79. The van der Waals surface area contributed by atoms with Crippen LogP contribution in [0.2, 0.25) is 0 Å². The van der Waals surface area contributed by atoms with Gasteiger partial charge in [-0.2, -0.15) is 0 Å². The van der Waals surface area contributed by atoms with Gasteiger partial charge in [0.1, 0.15) is 11.3 Å². The maximum absolute atomic E-state index is 11.0. The zero-order chi connectivity index (χ0) is 11.3. The molecule has 3 rings (SSSR count). The van der Waals surface area contributed by atoms with Gasteiger partial charge < -0.3 is 9.67 Å². The average Bonchev–Trinajstić information content (AvgIpc) is 3.04. The predicted molar refractivity (Wildman–Crippen MR) is 57.4 cm³/mol. The van der Waals surface area contributed by atoms with Gasteiger partial charge in [0.05, 0.1) is 5.56 Å². The van der Waals surface area contributed by atoms with Crippen LogP contribution in [0.3, 0.4) is 0 Å². The molecule has 0 aromatic carbocycles. The molecule has 1 N–H and O–H groups in total. The van der Waals surface area contributed by atoms with E-state index in [2.05, 4.69) is 9.97 Å². The number of aromatic nitrogens is 3. The predicted octanol–water partition coefficient (Wildman–Crippen LogP) is 1.54. The number of nitrogens with zero attached hydrogens (tertiary/aromatic N) is 3. The van der Waals surface area contributed by atoms with E-state index < -0.39 is 5.97 Å². The fourth-order valence-corrected chi connectivity index (χ4v) is 1.98. The van der Waals surface area contributed by atoms with Gasteiger partial charge in [0.15, 0.2) is 5.65 Å². The summed E-state index contributed by atoms with van der Waals surface area (Å²) in [6, 6.07) is 1.49. The minimum atomic E-state index is -0.951. The molecular weight excluding hydrogens is 206 g/mol. The number of aromatic carboxylic acids is 1. The van der Waals surface area contributed by atoms with E-state index in [1.807, 2.05) is 11.6 Å². The van der Waals surface area contributed by atoms with Gasteiger partial charge in [-0.1, -0.05) is 0 Å². The van der Waals surface area contributed by atoms with Crippen LogP contribution in [0.4, 0.5) is 0 Å². The number of hydrogen-bond acceptors (Lipinski definition) is 3. The van der Waals surface area contributed by atoms with Crippen LogP contribution in [0.1, 0.15) is 34.9 Å². The number of fused-ring (bicyclic) bond motifs is 1. The largest absolute Gasteiger partial charge is 0.478 e. The molecule has 82 valence electrons. The Labute approximate surface area is 91.7 Å². The van der Waals surface area contributed by atoms with E-state index >= 15 is 0 Å². The summed E-state index contributed by atoms with van der Waals surface area (Å²) in [4.78, 5) is 19.7. The molecule has 0 saturated heterocycles. The van der Waals surface area contributed by atoms with E-state index in [-0.39, 0.29) is 5.56 Å². The van der Waals surface area contributed by atoms with Gasteiger partial charge in [-0.3, -0.25) is 0 Å². The number of aryl methyl sites for hydroxylation is 1. The lowest BCUT2D eigenvalue weighted by molar-refractivity contribution is 0.0699. The van der Waals surface area contributed by atoms with E-state index in [1.165, 1.54) is 12.3 Å². The Morgan fingerprint density at radius 1 is 1.56 bits per heavy atom. The lowest BCUT2D eigenvalue weighted by Gasteiger charge is -1.98. The van der Waals surface area contributed by atoms with E-state index in [0.717, 1.165) is 18.7 Å². The number of hydrogen-bond donors (Lipinski definition) is 1. The molecule has 1 fully saturated rings. The van der Waals surface area contributed by atoms with E-state index in [0.29, 0.717) is 17.1 Å². The average molecular weight is 217 g/mol. The highest BCUT2D eigenvalue weighted by molar-refractivity contribution is 5.99. The topological polar surface area (TPSA) is 68.0 Å². The first-order chi connectivity index (χ1) is 7.68. The van der Waals surface area contributed by atoms with Gasteiger partial charge in [-0.05, 0) is 18.9 Å². The van der Waals surface area contributed by atoms with Crippen LogP contribution in [-0.4, -0.2) is 25.6 Å². The van der Waals surface area contributed by atoms with E-state index in [9.17, 15) is 4.79 Å². The molecule has 5 heteroatoms. The van der Waals surface area contributed by atoms with Gasteiger partial charge in [0.25, 0.3) is 0 Å². The zero-order valence-electron chi connectivity index (χ0n) is 8.84. The molecule has 2 heterocycles. The summed E-state index contributed by atoms with van der Waals surface area (Å²) in [5, 5.41) is 9.06. The van der Waals surface area contributed by atoms with Crippen molar-refractivity contribution in [2.24, 2.45) is 7.05 Å². The molecule has 2 aromatic heterocycles. The van der Waals surface area contributed by atoms with Crippen molar-refractivity contribution >= 4 is 17.1 Å². The quantitative estimate of drug-likeness (QED) is 0.828. The smallest absolute Gasteiger partial charge is 0.338 e. The van der Waals surface area contributed by atoms with Crippen LogP contribution in [-0.2, 0) is 7.05 Å². The minimum absolute atomic E-state index is 0.229. The minimum Gasteiger partial charge on any atom is -0.478 e. The van der Waals surface area contributed by atoms with Crippen molar-refractivity contribution in [2.45, 2.75) is 18.8 Å². The summed E-state index contributed by atoms with van der Waals surface area (Å²) < 4.78 is 1.90. The maximum Gasteiger partial charge on any atom is 0.338 e. The van der Waals surface area contributed by atoms with Gasteiger partial charge in [0.2, 0.25) is 0 Å². The Bertz CT molecular complexity index is 584. The highest BCUT2D eigenvalue weighted by atomic mass is 16.4. The molecule has 1 saturated carbocycles. The monoisotopic (exact) mass is 217 g/mol. The van der Waals surface area contributed by atoms with Crippen LogP contribution in [0, 0.1) is 0 Å².